The Balaban J connectivity index is 2.26. The molecule has 0 unspecified atom stereocenters. The van der Waals surface area contributed by atoms with Crippen LogP contribution >= 0.6 is 0 Å². The van der Waals surface area contributed by atoms with Crippen molar-refractivity contribution in [3.05, 3.63) is 32.9 Å². The van der Waals surface area contributed by atoms with Crippen molar-refractivity contribution < 1.29 is 4.42 Å². The molecular formula is C13H17NO2. The number of rotatable bonds is 0. The lowest BCUT2D eigenvalue weighted by Gasteiger charge is -2.31. The highest BCUT2D eigenvalue weighted by molar-refractivity contribution is 5.33. The molecule has 0 radical (unpaired) electrons. The summed E-state index contributed by atoms with van der Waals surface area (Å²) in [7, 11) is 2.12. The minimum absolute atomic E-state index is 0.205. The summed E-state index contributed by atoms with van der Waals surface area (Å²) in [5.41, 5.74) is 1.91. The van der Waals surface area contributed by atoms with Crippen molar-refractivity contribution in [2.45, 2.75) is 45.2 Å². The molecule has 86 valence electrons. The summed E-state index contributed by atoms with van der Waals surface area (Å²) in [5.74, 6) is 1.73. The summed E-state index contributed by atoms with van der Waals surface area (Å²) < 4.78 is 5.81. The van der Waals surface area contributed by atoms with Crippen LogP contribution in [0.15, 0.2) is 9.21 Å². The molecule has 1 aromatic heterocycles. The lowest BCUT2D eigenvalue weighted by molar-refractivity contribution is 0.202. The van der Waals surface area contributed by atoms with Crippen molar-refractivity contribution in [2.24, 2.45) is 0 Å². The molecule has 1 saturated heterocycles. The maximum atomic E-state index is 12.3. The van der Waals surface area contributed by atoms with E-state index in [1.807, 2.05) is 13.8 Å². The van der Waals surface area contributed by atoms with E-state index in [1.54, 1.807) is 0 Å². The molecule has 0 amide bonds. The molecule has 2 bridgehead atoms. The van der Waals surface area contributed by atoms with E-state index in [1.165, 1.54) is 6.42 Å². The highest BCUT2D eigenvalue weighted by Crippen LogP contribution is 2.41. The Kier molecular flexibility index (Phi) is 2.02. The van der Waals surface area contributed by atoms with Crippen molar-refractivity contribution in [3.8, 4) is 0 Å². The molecule has 16 heavy (non-hydrogen) atoms. The molecule has 2 atom stereocenters. The molecule has 3 heterocycles. The van der Waals surface area contributed by atoms with Crippen LogP contribution in [0.25, 0.3) is 0 Å². The number of nitrogens with zero attached hydrogens (tertiary/aromatic N) is 1. The largest absolute Gasteiger partial charge is 0.465 e. The van der Waals surface area contributed by atoms with E-state index in [9.17, 15) is 4.79 Å². The van der Waals surface area contributed by atoms with Gasteiger partial charge in [-0.1, -0.05) is 0 Å². The van der Waals surface area contributed by atoms with Gasteiger partial charge >= 0.3 is 0 Å². The second kappa shape index (κ2) is 3.20. The lowest BCUT2D eigenvalue weighted by Crippen LogP contribution is -2.37. The fourth-order valence-electron chi connectivity index (χ4n) is 3.11. The standard InChI is InChI=1S/C13H17NO2/c1-7-8(2)16-11-6-9-4-5-10(14(9)3)12(11)13(7)15/h9-10H,4-6H2,1-3H3/t9-,10+/m1/s1. The molecule has 2 aliphatic heterocycles. The lowest BCUT2D eigenvalue weighted by atomic mass is 9.97. The number of aryl methyl sites for hydroxylation is 1. The van der Waals surface area contributed by atoms with Gasteiger partial charge < -0.3 is 4.42 Å². The van der Waals surface area contributed by atoms with E-state index in [-0.39, 0.29) is 5.43 Å². The first kappa shape index (κ1) is 10.1. The molecule has 1 fully saturated rings. The molecule has 0 spiro atoms. The van der Waals surface area contributed by atoms with E-state index < -0.39 is 0 Å². The molecule has 3 nitrogen and oxygen atoms in total. The maximum absolute atomic E-state index is 12.3. The van der Waals surface area contributed by atoms with E-state index in [0.717, 1.165) is 35.5 Å². The van der Waals surface area contributed by atoms with Crippen LogP contribution < -0.4 is 5.43 Å². The Labute approximate surface area is 95.1 Å². The van der Waals surface area contributed by atoms with Gasteiger partial charge in [-0.2, -0.15) is 0 Å². The van der Waals surface area contributed by atoms with Crippen LogP contribution in [0.2, 0.25) is 0 Å². The molecule has 1 aromatic rings. The summed E-state index contributed by atoms with van der Waals surface area (Å²) >= 11 is 0. The molecule has 0 aliphatic carbocycles. The van der Waals surface area contributed by atoms with Crippen LogP contribution in [0, 0.1) is 13.8 Å². The molecule has 3 heteroatoms. The van der Waals surface area contributed by atoms with Crippen molar-refractivity contribution in [1.29, 1.82) is 0 Å². The third-order valence-corrected chi connectivity index (χ3v) is 4.29. The number of likely N-dealkylation sites (N-methyl/N-ethyl adjacent to an activating group) is 1. The summed E-state index contributed by atoms with van der Waals surface area (Å²) in [4.78, 5) is 14.6. The fraction of sp³-hybridized carbons (Fsp3) is 0.615. The molecule has 0 N–H and O–H groups in total. The number of fused-ring (bicyclic) bond motifs is 4. The first-order valence-electron chi connectivity index (χ1n) is 5.94. The van der Waals surface area contributed by atoms with Gasteiger partial charge in [0.1, 0.15) is 11.5 Å². The minimum atomic E-state index is 0.205. The minimum Gasteiger partial charge on any atom is -0.465 e. The number of hydrogen-bond acceptors (Lipinski definition) is 3. The van der Waals surface area contributed by atoms with Crippen LogP contribution in [-0.2, 0) is 6.42 Å². The van der Waals surface area contributed by atoms with Crippen molar-refractivity contribution >= 4 is 0 Å². The molecule has 0 aromatic carbocycles. The average molecular weight is 219 g/mol. The first-order valence-corrected chi connectivity index (χ1v) is 5.94. The Morgan fingerprint density at radius 3 is 2.81 bits per heavy atom. The molecule has 0 saturated carbocycles. The highest BCUT2D eigenvalue weighted by Gasteiger charge is 2.40. The highest BCUT2D eigenvalue weighted by atomic mass is 16.3. The predicted molar refractivity (Wildman–Crippen MR) is 61.7 cm³/mol. The smallest absolute Gasteiger partial charge is 0.193 e. The Bertz CT molecular complexity index is 503. The predicted octanol–water partition coefficient (Wildman–Crippen LogP) is 1.95. The van der Waals surface area contributed by atoms with E-state index in [4.69, 9.17) is 4.42 Å². The van der Waals surface area contributed by atoms with Gasteiger partial charge in [-0.15, -0.1) is 0 Å². The molecular weight excluding hydrogens is 202 g/mol. The van der Waals surface area contributed by atoms with E-state index in [0.29, 0.717) is 12.1 Å². The Morgan fingerprint density at radius 1 is 1.31 bits per heavy atom. The van der Waals surface area contributed by atoms with Gasteiger partial charge in [0, 0.05) is 24.1 Å². The first-order chi connectivity index (χ1) is 7.59. The normalized spacial score (nSPS) is 28.2. The maximum Gasteiger partial charge on any atom is 0.193 e. The third kappa shape index (κ3) is 1.15. The van der Waals surface area contributed by atoms with Crippen LogP contribution in [0.4, 0.5) is 0 Å². The van der Waals surface area contributed by atoms with Crippen LogP contribution in [-0.4, -0.2) is 18.0 Å². The monoisotopic (exact) mass is 219 g/mol. The summed E-state index contributed by atoms with van der Waals surface area (Å²) in [6.07, 6.45) is 3.18. The van der Waals surface area contributed by atoms with Gasteiger partial charge in [0.2, 0.25) is 0 Å². The summed E-state index contributed by atoms with van der Waals surface area (Å²) in [6.45, 7) is 3.75. The van der Waals surface area contributed by atoms with Gasteiger partial charge in [0.25, 0.3) is 0 Å². The zero-order chi connectivity index (χ0) is 11.4. The van der Waals surface area contributed by atoms with E-state index >= 15 is 0 Å². The zero-order valence-electron chi connectivity index (χ0n) is 10.0. The third-order valence-electron chi connectivity index (χ3n) is 4.29. The van der Waals surface area contributed by atoms with Crippen LogP contribution in [0.5, 0.6) is 0 Å². The summed E-state index contributed by atoms with van der Waals surface area (Å²) in [5, 5.41) is 0. The van der Waals surface area contributed by atoms with Crippen molar-refractivity contribution in [1.82, 2.24) is 4.90 Å². The Morgan fingerprint density at radius 2 is 2.06 bits per heavy atom. The topological polar surface area (TPSA) is 33.5 Å². The quantitative estimate of drug-likeness (QED) is 0.668. The van der Waals surface area contributed by atoms with Crippen LogP contribution in [0.1, 0.15) is 41.5 Å². The van der Waals surface area contributed by atoms with Crippen molar-refractivity contribution in [2.75, 3.05) is 7.05 Å². The fourth-order valence-corrected chi connectivity index (χ4v) is 3.11. The van der Waals surface area contributed by atoms with Crippen LogP contribution in [0.3, 0.4) is 0 Å². The van der Waals surface area contributed by atoms with Gasteiger partial charge in [0.15, 0.2) is 5.43 Å². The number of hydrogen-bond donors (Lipinski definition) is 0. The molecule has 2 aliphatic rings. The Hall–Kier alpha value is -1.09. The van der Waals surface area contributed by atoms with Gasteiger partial charge in [-0.25, -0.2) is 0 Å². The van der Waals surface area contributed by atoms with Gasteiger partial charge in [-0.05, 0) is 33.7 Å². The van der Waals surface area contributed by atoms with E-state index in [2.05, 4.69) is 11.9 Å². The van der Waals surface area contributed by atoms with Gasteiger partial charge in [0.05, 0.1) is 5.56 Å². The summed E-state index contributed by atoms with van der Waals surface area (Å²) in [6, 6.07) is 0.868. The second-order valence-electron chi connectivity index (χ2n) is 5.07. The zero-order valence-corrected chi connectivity index (χ0v) is 10.0. The van der Waals surface area contributed by atoms with Gasteiger partial charge in [-0.3, -0.25) is 9.69 Å². The van der Waals surface area contributed by atoms with Crippen molar-refractivity contribution in [3.63, 3.8) is 0 Å². The SMILES string of the molecule is Cc1oc2c(c(=O)c1C)[C@@H]1CC[C@H](C2)N1C. The average Bonchev–Trinajstić information content (AvgIpc) is 2.51. The second-order valence-corrected chi connectivity index (χ2v) is 5.07. The molecule has 3 rings (SSSR count).